The van der Waals surface area contributed by atoms with Gasteiger partial charge < -0.3 is 9.64 Å². The summed E-state index contributed by atoms with van der Waals surface area (Å²) >= 11 is 0. The van der Waals surface area contributed by atoms with Gasteiger partial charge in [-0.05, 0) is 62.1 Å². The van der Waals surface area contributed by atoms with Crippen molar-refractivity contribution in [1.82, 2.24) is 4.90 Å². The van der Waals surface area contributed by atoms with E-state index in [-0.39, 0.29) is 23.2 Å². The van der Waals surface area contributed by atoms with E-state index in [9.17, 15) is 13.2 Å². The number of carbonyl (C=O) groups is 1. The lowest BCUT2D eigenvalue weighted by atomic mass is 10.0. The maximum Gasteiger partial charge on any atom is 0.254 e. The van der Waals surface area contributed by atoms with Crippen molar-refractivity contribution in [2.24, 2.45) is 0 Å². The molecule has 1 amide bonds. The SMILES string of the molecule is CS(=O)(=O)C1CC2CCC(C1)N2C(=O)c1ccc(Oc2ccccc2)cc1. The van der Waals surface area contributed by atoms with Gasteiger partial charge in [0.1, 0.15) is 21.3 Å². The highest BCUT2D eigenvalue weighted by Crippen LogP contribution is 2.39. The third-order valence-electron chi connectivity index (χ3n) is 5.61. The molecule has 2 heterocycles. The van der Waals surface area contributed by atoms with E-state index in [0.717, 1.165) is 18.6 Å². The average Bonchev–Trinajstić information content (AvgIpc) is 2.91. The minimum absolute atomic E-state index is 0.0132. The van der Waals surface area contributed by atoms with E-state index in [1.165, 1.54) is 6.26 Å². The molecule has 2 aromatic carbocycles. The summed E-state index contributed by atoms with van der Waals surface area (Å²) in [5.74, 6) is 1.41. The summed E-state index contributed by atoms with van der Waals surface area (Å²) in [5, 5.41) is -0.319. The smallest absolute Gasteiger partial charge is 0.254 e. The Hall–Kier alpha value is -2.34. The minimum Gasteiger partial charge on any atom is -0.457 e. The Morgan fingerprint density at radius 1 is 0.926 bits per heavy atom. The van der Waals surface area contributed by atoms with Crippen LogP contribution >= 0.6 is 0 Å². The van der Waals surface area contributed by atoms with Gasteiger partial charge in [-0.3, -0.25) is 4.79 Å². The highest BCUT2D eigenvalue weighted by molar-refractivity contribution is 7.91. The molecule has 2 aliphatic heterocycles. The fourth-order valence-electron chi connectivity index (χ4n) is 4.25. The van der Waals surface area contributed by atoms with Gasteiger partial charge in [0.2, 0.25) is 0 Å². The van der Waals surface area contributed by atoms with Crippen LogP contribution in [0.3, 0.4) is 0 Å². The second-order valence-electron chi connectivity index (χ2n) is 7.46. The van der Waals surface area contributed by atoms with Crippen LogP contribution in [0.5, 0.6) is 11.5 Å². The van der Waals surface area contributed by atoms with Crippen LogP contribution in [0.2, 0.25) is 0 Å². The molecule has 2 fully saturated rings. The number of fused-ring (bicyclic) bond motifs is 2. The number of carbonyl (C=O) groups excluding carboxylic acids is 1. The summed E-state index contributed by atoms with van der Waals surface area (Å²) in [6.07, 6.45) is 4.18. The summed E-state index contributed by atoms with van der Waals surface area (Å²) in [6, 6.07) is 16.7. The fraction of sp³-hybridized carbons (Fsp3) is 0.381. The third kappa shape index (κ3) is 3.72. The van der Waals surface area contributed by atoms with E-state index < -0.39 is 9.84 Å². The number of piperidine rings is 1. The number of hydrogen-bond donors (Lipinski definition) is 0. The van der Waals surface area contributed by atoms with Gasteiger partial charge in [-0.15, -0.1) is 0 Å². The Bertz CT molecular complexity index is 910. The molecule has 27 heavy (non-hydrogen) atoms. The van der Waals surface area contributed by atoms with Crippen molar-refractivity contribution in [2.45, 2.75) is 43.0 Å². The standard InChI is InChI=1S/C21H23NO4S/c1-27(24,25)20-13-16-9-10-17(14-20)22(16)21(23)15-7-11-19(12-8-15)26-18-5-3-2-4-6-18/h2-8,11-12,16-17,20H,9-10,13-14H2,1H3. The Kier molecular flexibility index (Phi) is 4.68. The van der Waals surface area contributed by atoms with Crippen LogP contribution < -0.4 is 4.74 Å². The highest BCUT2D eigenvalue weighted by Gasteiger charge is 2.45. The molecular weight excluding hydrogens is 362 g/mol. The number of sulfone groups is 1. The van der Waals surface area contributed by atoms with Crippen LogP contribution in [0.4, 0.5) is 0 Å². The molecule has 0 N–H and O–H groups in total. The van der Waals surface area contributed by atoms with E-state index in [2.05, 4.69) is 0 Å². The molecule has 2 aliphatic rings. The zero-order valence-electron chi connectivity index (χ0n) is 15.2. The van der Waals surface area contributed by atoms with Crippen molar-refractivity contribution < 1.29 is 17.9 Å². The zero-order valence-corrected chi connectivity index (χ0v) is 16.1. The quantitative estimate of drug-likeness (QED) is 0.806. The van der Waals surface area contributed by atoms with Crippen molar-refractivity contribution in [2.75, 3.05) is 6.26 Å². The molecule has 6 heteroatoms. The van der Waals surface area contributed by atoms with Gasteiger partial charge in [-0.25, -0.2) is 8.42 Å². The van der Waals surface area contributed by atoms with E-state index in [1.54, 1.807) is 24.3 Å². The van der Waals surface area contributed by atoms with Crippen LogP contribution in [-0.2, 0) is 9.84 Å². The van der Waals surface area contributed by atoms with E-state index in [4.69, 9.17) is 4.74 Å². The molecule has 2 bridgehead atoms. The van der Waals surface area contributed by atoms with Gasteiger partial charge in [0.05, 0.1) is 5.25 Å². The number of amides is 1. The van der Waals surface area contributed by atoms with Crippen molar-refractivity contribution in [1.29, 1.82) is 0 Å². The van der Waals surface area contributed by atoms with Crippen LogP contribution in [-0.4, -0.2) is 42.8 Å². The molecule has 2 aromatic rings. The van der Waals surface area contributed by atoms with Crippen LogP contribution in [0.15, 0.2) is 54.6 Å². The Balaban J connectivity index is 1.47. The van der Waals surface area contributed by atoms with Crippen molar-refractivity contribution in [3.8, 4) is 11.5 Å². The predicted octanol–water partition coefficient (Wildman–Crippen LogP) is 3.66. The maximum absolute atomic E-state index is 13.0. The second-order valence-corrected chi connectivity index (χ2v) is 9.79. The monoisotopic (exact) mass is 385 g/mol. The van der Waals surface area contributed by atoms with Gasteiger partial charge in [-0.1, -0.05) is 18.2 Å². The Morgan fingerprint density at radius 3 is 2.04 bits per heavy atom. The summed E-state index contributed by atoms with van der Waals surface area (Å²) in [4.78, 5) is 14.9. The number of ether oxygens (including phenoxy) is 1. The number of nitrogens with zero attached hydrogens (tertiary/aromatic N) is 1. The molecule has 142 valence electrons. The van der Waals surface area contributed by atoms with Crippen molar-refractivity contribution in [3.63, 3.8) is 0 Å². The first kappa shape index (κ1) is 18.0. The third-order valence-corrected chi connectivity index (χ3v) is 7.21. The molecule has 2 saturated heterocycles. The molecule has 0 aromatic heterocycles. The molecule has 0 spiro atoms. The summed E-state index contributed by atoms with van der Waals surface area (Å²) < 4.78 is 29.6. The lowest BCUT2D eigenvalue weighted by Gasteiger charge is -2.38. The number of rotatable bonds is 4. The predicted molar refractivity (Wildman–Crippen MR) is 104 cm³/mol. The molecule has 2 atom stereocenters. The van der Waals surface area contributed by atoms with Crippen molar-refractivity contribution >= 4 is 15.7 Å². The summed E-state index contributed by atoms with van der Waals surface area (Å²) in [6.45, 7) is 0. The first-order valence-electron chi connectivity index (χ1n) is 9.26. The van der Waals surface area contributed by atoms with E-state index >= 15 is 0 Å². The molecule has 2 unspecified atom stereocenters. The summed E-state index contributed by atoms with van der Waals surface area (Å²) in [7, 11) is -3.06. The summed E-state index contributed by atoms with van der Waals surface area (Å²) in [5.41, 5.74) is 0.616. The molecule has 0 aliphatic carbocycles. The van der Waals surface area contributed by atoms with Crippen LogP contribution in [0.1, 0.15) is 36.0 Å². The molecule has 5 nitrogen and oxygen atoms in total. The maximum atomic E-state index is 13.0. The largest absolute Gasteiger partial charge is 0.457 e. The normalized spacial score (nSPS) is 24.6. The van der Waals surface area contributed by atoms with E-state index in [0.29, 0.717) is 24.2 Å². The van der Waals surface area contributed by atoms with E-state index in [1.807, 2.05) is 35.2 Å². The number of hydrogen-bond acceptors (Lipinski definition) is 4. The van der Waals surface area contributed by atoms with Crippen molar-refractivity contribution in [3.05, 3.63) is 60.2 Å². The lowest BCUT2D eigenvalue weighted by Crippen LogP contribution is -2.49. The number of benzene rings is 2. The first-order chi connectivity index (χ1) is 12.9. The Morgan fingerprint density at radius 2 is 1.48 bits per heavy atom. The molecular formula is C21H23NO4S. The minimum atomic E-state index is -3.06. The number of para-hydroxylation sites is 1. The second kappa shape index (κ2) is 7.00. The van der Waals surface area contributed by atoms with Gasteiger partial charge in [0.25, 0.3) is 5.91 Å². The van der Waals surface area contributed by atoms with Gasteiger partial charge >= 0.3 is 0 Å². The average molecular weight is 385 g/mol. The molecule has 4 rings (SSSR count). The zero-order chi connectivity index (χ0) is 19.0. The first-order valence-corrected chi connectivity index (χ1v) is 11.2. The highest BCUT2D eigenvalue weighted by atomic mass is 32.2. The Labute approximate surface area is 159 Å². The van der Waals surface area contributed by atoms with Gasteiger partial charge in [0, 0.05) is 23.9 Å². The van der Waals surface area contributed by atoms with Gasteiger partial charge in [0.15, 0.2) is 0 Å². The molecule has 0 saturated carbocycles. The van der Waals surface area contributed by atoms with Crippen LogP contribution in [0.25, 0.3) is 0 Å². The molecule has 0 radical (unpaired) electrons. The fourth-order valence-corrected chi connectivity index (χ4v) is 5.39. The topological polar surface area (TPSA) is 63.7 Å². The van der Waals surface area contributed by atoms with Crippen LogP contribution in [0, 0.1) is 0 Å². The van der Waals surface area contributed by atoms with Gasteiger partial charge in [-0.2, -0.15) is 0 Å². The lowest BCUT2D eigenvalue weighted by molar-refractivity contribution is 0.0598.